The Labute approximate surface area is 119 Å². The predicted molar refractivity (Wildman–Crippen MR) is 79.7 cm³/mol. The molecular weight excluding hydrogens is 258 g/mol. The number of rotatable bonds is 6. The Morgan fingerprint density at radius 2 is 2.32 bits per heavy atom. The zero-order valence-electron chi connectivity index (χ0n) is 11.5. The summed E-state index contributed by atoms with van der Waals surface area (Å²) in [5, 5.41) is 8.40. The first-order valence-corrected chi connectivity index (χ1v) is 7.89. The van der Waals surface area contributed by atoms with E-state index in [1.54, 1.807) is 11.3 Å². The smallest absolute Gasteiger partial charge is 0.228 e. The van der Waals surface area contributed by atoms with Crippen LogP contribution in [0.1, 0.15) is 24.1 Å². The van der Waals surface area contributed by atoms with Crippen LogP contribution in [0.15, 0.2) is 17.5 Å². The first kappa shape index (κ1) is 14.5. The van der Waals surface area contributed by atoms with Crippen molar-refractivity contribution in [3.05, 3.63) is 22.4 Å². The highest BCUT2D eigenvalue weighted by Crippen LogP contribution is 2.20. The molecule has 4 nitrogen and oxygen atoms in total. The number of amides is 1. The van der Waals surface area contributed by atoms with Crippen molar-refractivity contribution in [2.24, 2.45) is 0 Å². The minimum absolute atomic E-state index is 0.0285. The van der Waals surface area contributed by atoms with Gasteiger partial charge in [0.05, 0.1) is 5.92 Å². The zero-order valence-corrected chi connectivity index (χ0v) is 12.3. The molecule has 106 valence electrons. The Hall–Kier alpha value is -0.910. The highest BCUT2D eigenvalue weighted by Gasteiger charge is 2.15. The number of thiophene rings is 1. The number of nitrogens with zero attached hydrogens (tertiary/aromatic N) is 1. The van der Waals surface area contributed by atoms with Crippen molar-refractivity contribution in [1.29, 1.82) is 0 Å². The second-order valence-corrected chi connectivity index (χ2v) is 5.95. The lowest BCUT2D eigenvalue weighted by molar-refractivity contribution is -0.122. The third-order valence-corrected chi connectivity index (χ3v) is 4.58. The lowest BCUT2D eigenvalue weighted by Crippen LogP contribution is -2.44. The molecule has 5 heteroatoms. The van der Waals surface area contributed by atoms with E-state index in [0.717, 1.165) is 50.6 Å². The molecule has 1 saturated heterocycles. The van der Waals surface area contributed by atoms with E-state index >= 15 is 0 Å². The first-order valence-electron chi connectivity index (χ1n) is 7.01. The fraction of sp³-hybridized carbons (Fsp3) is 0.643. The molecule has 2 heterocycles. The highest BCUT2D eigenvalue weighted by molar-refractivity contribution is 7.10. The zero-order chi connectivity index (χ0) is 13.5. The van der Waals surface area contributed by atoms with Gasteiger partial charge in [0.1, 0.15) is 0 Å². The predicted octanol–water partition coefficient (Wildman–Crippen LogP) is 1.26. The van der Waals surface area contributed by atoms with E-state index in [4.69, 9.17) is 0 Å². The molecule has 2 rings (SSSR count). The van der Waals surface area contributed by atoms with Crippen LogP contribution in [0.2, 0.25) is 0 Å². The van der Waals surface area contributed by atoms with E-state index in [1.165, 1.54) is 0 Å². The van der Waals surface area contributed by atoms with E-state index in [-0.39, 0.29) is 11.8 Å². The molecule has 1 amide bonds. The van der Waals surface area contributed by atoms with Gasteiger partial charge in [-0.25, -0.2) is 0 Å². The molecule has 1 aromatic heterocycles. The number of carbonyl (C=O) groups excluding carboxylic acids is 1. The van der Waals surface area contributed by atoms with Crippen molar-refractivity contribution >= 4 is 17.2 Å². The summed E-state index contributed by atoms with van der Waals surface area (Å²) in [7, 11) is 0. The molecule has 1 aromatic rings. The van der Waals surface area contributed by atoms with Gasteiger partial charge in [-0.3, -0.25) is 4.79 Å². The van der Waals surface area contributed by atoms with Gasteiger partial charge in [-0.15, -0.1) is 11.3 Å². The van der Waals surface area contributed by atoms with Crippen molar-refractivity contribution in [3.8, 4) is 0 Å². The lowest BCUT2D eigenvalue weighted by atomic mass is 10.1. The fourth-order valence-electron chi connectivity index (χ4n) is 2.27. The van der Waals surface area contributed by atoms with Crippen LogP contribution in [-0.2, 0) is 4.79 Å². The fourth-order valence-corrected chi connectivity index (χ4v) is 3.05. The Kier molecular flexibility index (Phi) is 5.82. The van der Waals surface area contributed by atoms with Crippen molar-refractivity contribution < 1.29 is 4.79 Å². The first-order chi connectivity index (χ1) is 9.27. The summed E-state index contributed by atoms with van der Waals surface area (Å²) in [5.41, 5.74) is 0. The van der Waals surface area contributed by atoms with E-state index in [0.29, 0.717) is 0 Å². The second-order valence-electron chi connectivity index (χ2n) is 4.97. The van der Waals surface area contributed by atoms with Crippen molar-refractivity contribution in [1.82, 2.24) is 15.5 Å². The quantitative estimate of drug-likeness (QED) is 0.772. The lowest BCUT2D eigenvalue weighted by Gasteiger charge is -2.27. The van der Waals surface area contributed by atoms with Gasteiger partial charge in [-0.05, 0) is 31.3 Å². The third kappa shape index (κ3) is 4.60. The van der Waals surface area contributed by atoms with Crippen LogP contribution < -0.4 is 10.6 Å². The number of piperazine rings is 1. The summed E-state index contributed by atoms with van der Waals surface area (Å²) in [5.74, 6) is 0.113. The highest BCUT2D eigenvalue weighted by atomic mass is 32.1. The van der Waals surface area contributed by atoms with Gasteiger partial charge in [-0.1, -0.05) is 6.07 Å². The van der Waals surface area contributed by atoms with Crippen LogP contribution in [0, 0.1) is 0 Å². The van der Waals surface area contributed by atoms with Crippen LogP contribution in [0.25, 0.3) is 0 Å². The third-order valence-electron chi connectivity index (χ3n) is 3.52. The summed E-state index contributed by atoms with van der Waals surface area (Å²) >= 11 is 1.65. The molecule has 19 heavy (non-hydrogen) atoms. The average molecular weight is 281 g/mol. The molecule has 1 unspecified atom stereocenters. The van der Waals surface area contributed by atoms with Gasteiger partial charge < -0.3 is 15.5 Å². The molecule has 0 bridgehead atoms. The van der Waals surface area contributed by atoms with Gasteiger partial charge in [0, 0.05) is 37.6 Å². The maximum Gasteiger partial charge on any atom is 0.228 e. The summed E-state index contributed by atoms with van der Waals surface area (Å²) in [4.78, 5) is 15.6. The van der Waals surface area contributed by atoms with Gasteiger partial charge in [0.15, 0.2) is 0 Å². The minimum atomic E-state index is -0.0285. The van der Waals surface area contributed by atoms with Crippen LogP contribution in [0.4, 0.5) is 0 Å². The van der Waals surface area contributed by atoms with Crippen LogP contribution in [0.5, 0.6) is 0 Å². The molecule has 2 N–H and O–H groups in total. The normalized spacial score (nSPS) is 18.2. The topological polar surface area (TPSA) is 44.4 Å². The molecule has 0 saturated carbocycles. The summed E-state index contributed by atoms with van der Waals surface area (Å²) < 4.78 is 0. The molecular formula is C14H23N3OS. The average Bonchev–Trinajstić information content (AvgIpc) is 2.98. The Morgan fingerprint density at radius 3 is 3.00 bits per heavy atom. The Bertz CT molecular complexity index is 374. The van der Waals surface area contributed by atoms with Crippen LogP contribution in [-0.4, -0.2) is 50.1 Å². The monoisotopic (exact) mass is 281 g/mol. The standard InChI is InChI=1S/C14H23N3OS/c1-12(13-4-2-11-19-13)14(18)16-5-3-8-17-9-6-15-7-10-17/h2,4,11-12,15H,3,5-10H2,1H3,(H,16,18). The SMILES string of the molecule is CC(C(=O)NCCCN1CCNCC1)c1cccs1. The van der Waals surface area contributed by atoms with Crippen molar-refractivity contribution in [2.75, 3.05) is 39.3 Å². The van der Waals surface area contributed by atoms with Crippen molar-refractivity contribution in [3.63, 3.8) is 0 Å². The Balaban J connectivity index is 1.61. The van der Waals surface area contributed by atoms with Gasteiger partial charge in [-0.2, -0.15) is 0 Å². The maximum absolute atomic E-state index is 12.0. The minimum Gasteiger partial charge on any atom is -0.356 e. The molecule has 0 radical (unpaired) electrons. The molecule has 1 aliphatic heterocycles. The summed E-state index contributed by atoms with van der Waals surface area (Å²) in [6, 6.07) is 4.02. The Morgan fingerprint density at radius 1 is 1.53 bits per heavy atom. The molecule has 1 fully saturated rings. The molecule has 1 aliphatic rings. The number of hydrogen-bond donors (Lipinski definition) is 2. The molecule has 0 aliphatic carbocycles. The summed E-state index contributed by atoms with van der Waals surface area (Å²) in [6.07, 6.45) is 1.03. The van der Waals surface area contributed by atoms with E-state index in [1.807, 2.05) is 24.4 Å². The van der Waals surface area contributed by atoms with E-state index < -0.39 is 0 Å². The van der Waals surface area contributed by atoms with E-state index in [2.05, 4.69) is 15.5 Å². The van der Waals surface area contributed by atoms with Crippen molar-refractivity contribution in [2.45, 2.75) is 19.3 Å². The van der Waals surface area contributed by atoms with Crippen LogP contribution in [0.3, 0.4) is 0 Å². The molecule has 0 spiro atoms. The largest absolute Gasteiger partial charge is 0.356 e. The second kappa shape index (κ2) is 7.62. The van der Waals surface area contributed by atoms with E-state index in [9.17, 15) is 4.79 Å². The summed E-state index contributed by atoms with van der Waals surface area (Å²) in [6.45, 7) is 8.24. The van der Waals surface area contributed by atoms with Crippen LogP contribution >= 0.6 is 11.3 Å². The number of nitrogens with one attached hydrogen (secondary N) is 2. The number of carbonyl (C=O) groups is 1. The maximum atomic E-state index is 12.0. The molecule has 1 atom stereocenters. The van der Waals surface area contributed by atoms with Gasteiger partial charge in [0.25, 0.3) is 0 Å². The molecule has 0 aromatic carbocycles. The van der Waals surface area contributed by atoms with Gasteiger partial charge in [0.2, 0.25) is 5.91 Å². The number of hydrogen-bond acceptors (Lipinski definition) is 4. The van der Waals surface area contributed by atoms with Gasteiger partial charge >= 0.3 is 0 Å².